The molecule has 0 fully saturated rings. The monoisotopic (exact) mass is 156 g/mol. The number of rotatable bonds is 3. The summed E-state index contributed by atoms with van der Waals surface area (Å²) >= 11 is 0. The molecule has 0 aliphatic carbocycles. The lowest BCUT2D eigenvalue weighted by Gasteiger charge is -1.86. The van der Waals surface area contributed by atoms with Gasteiger partial charge < -0.3 is 5.11 Å². The van der Waals surface area contributed by atoms with E-state index >= 15 is 0 Å². The number of hydrogen-bond acceptors (Lipinski definition) is 4. The molecule has 0 spiro atoms. The summed E-state index contributed by atoms with van der Waals surface area (Å²) in [5.74, 6) is -0.694. The summed E-state index contributed by atoms with van der Waals surface area (Å²) in [4.78, 5) is 11.5. The smallest absolute Gasteiger partial charge is 0.311 e. The molecule has 6 heteroatoms. The number of tetrazole rings is 1. The summed E-state index contributed by atoms with van der Waals surface area (Å²) in [6.07, 6.45) is -0.167. The highest BCUT2D eigenvalue weighted by Gasteiger charge is 2.05. The number of nitrogens with zero attached hydrogens (tertiary/aromatic N) is 4. The number of aromatic nitrogens is 4. The molecule has 1 aromatic rings. The number of hydrogen-bond donors (Lipinski definition) is 1. The van der Waals surface area contributed by atoms with Crippen LogP contribution in [0.15, 0.2) is 0 Å². The Kier molecular flexibility index (Phi) is 2.15. The van der Waals surface area contributed by atoms with Crippen LogP contribution in [0.25, 0.3) is 0 Å². The molecular weight excluding hydrogens is 148 g/mol. The molecule has 0 radical (unpaired) electrons. The Morgan fingerprint density at radius 1 is 1.73 bits per heavy atom. The van der Waals surface area contributed by atoms with Crippen LogP contribution < -0.4 is 0 Å². The summed E-state index contributed by atoms with van der Waals surface area (Å²) in [5, 5.41) is 19.2. The van der Waals surface area contributed by atoms with Crippen LogP contribution in [-0.4, -0.2) is 31.3 Å². The van der Waals surface area contributed by atoms with Gasteiger partial charge in [0.05, 0.1) is 6.54 Å². The lowest BCUT2D eigenvalue weighted by Crippen LogP contribution is -2.03. The van der Waals surface area contributed by atoms with Crippen LogP contribution in [-0.2, 0) is 17.8 Å². The van der Waals surface area contributed by atoms with Gasteiger partial charge in [-0.15, -0.1) is 10.2 Å². The van der Waals surface area contributed by atoms with E-state index in [1.807, 2.05) is 6.92 Å². The second-order valence-electron chi connectivity index (χ2n) is 1.96. The van der Waals surface area contributed by atoms with Gasteiger partial charge in [0, 0.05) is 0 Å². The largest absolute Gasteiger partial charge is 0.481 e. The maximum absolute atomic E-state index is 10.1. The first-order valence-corrected chi connectivity index (χ1v) is 3.21. The maximum Gasteiger partial charge on any atom is 0.311 e. The summed E-state index contributed by atoms with van der Waals surface area (Å²) in [6.45, 7) is 2.46. The number of carbonyl (C=O) groups is 1. The van der Waals surface area contributed by atoms with Gasteiger partial charge in [0.1, 0.15) is 6.42 Å². The first kappa shape index (κ1) is 7.64. The molecule has 0 saturated heterocycles. The number of aliphatic carboxylic acids is 1. The van der Waals surface area contributed by atoms with E-state index in [2.05, 4.69) is 15.4 Å². The maximum atomic E-state index is 10.1. The molecule has 1 N–H and O–H groups in total. The number of carboxylic acids is 1. The second kappa shape index (κ2) is 3.09. The predicted octanol–water partition coefficient (Wildman–Crippen LogP) is -0.680. The second-order valence-corrected chi connectivity index (χ2v) is 1.96. The van der Waals surface area contributed by atoms with Crippen LogP contribution in [0.4, 0.5) is 0 Å². The third kappa shape index (κ3) is 1.99. The van der Waals surface area contributed by atoms with Gasteiger partial charge in [-0.1, -0.05) is 0 Å². The summed E-state index contributed by atoms with van der Waals surface area (Å²) in [6, 6.07) is 0. The van der Waals surface area contributed by atoms with Crippen LogP contribution in [0.3, 0.4) is 0 Å². The van der Waals surface area contributed by atoms with Crippen molar-refractivity contribution in [3.63, 3.8) is 0 Å². The molecule has 0 bridgehead atoms. The first-order chi connectivity index (χ1) is 5.22. The van der Waals surface area contributed by atoms with Gasteiger partial charge in [-0.3, -0.25) is 4.79 Å². The van der Waals surface area contributed by atoms with Gasteiger partial charge in [-0.2, -0.15) is 4.80 Å². The Balaban J connectivity index is 2.65. The van der Waals surface area contributed by atoms with Crippen molar-refractivity contribution in [1.29, 1.82) is 0 Å². The minimum atomic E-state index is -0.944. The predicted molar refractivity (Wildman–Crippen MR) is 34.8 cm³/mol. The van der Waals surface area contributed by atoms with Crippen LogP contribution in [0.5, 0.6) is 0 Å². The van der Waals surface area contributed by atoms with E-state index in [9.17, 15) is 4.79 Å². The molecule has 0 aliphatic rings. The van der Waals surface area contributed by atoms with E-state index in [4.69, 9.17) is 5.11 Å². The Bertz CT molecular complexity index is 257. The zero-order valence-corrected chi connectivity index (χ0v) is 6.06. The van der Waals surface area contributed by atoms with Crippen molar-refractivity contribution in [3.05, 3.63) is 5.82 Å². The highest BCUT2D eigenvalue weighted by Crippen LogP contribution is 1.87. The third-order valence-corrected chi connectivity index (χ3v) is 1.09. The highest BCUT2D eigenvalue weighted by molar-refractivity contribution is 5.68. The van der Waals surface area contributed by atoms with E-state index in [1.165, 1.54) is 4.80 Å². The van der Waals surface area contributed by atoms with Crippen molar-refractivity contribution in [2.24, 2.45) is 0 Å². The van der Waals surface area contributed by atoms with Crippen molar-refractivity contribution in [2.75, 3.05) is 0 Å². The van der Waals surface area contributed by atoms with Gasteiger partial charge in [0.25, 0.3) is 0 Å². The van der Waals surface area contributed by atoms with Crippen LogP contribution in [0, 0.1) is 0 Å². The lowest BCUT2D eigenvalue weighted by atomic mass is 10.4. The van der Waals surface area contributed by atoms with Crippen LogP contribution in [0.1, 0.15) is 12.7 Å². The Morgan fingerprint density at radius 3 is 2.91 bits per heavy atom. The average molecular weight is 156 g/mol. The quantitative estimate of drug-likeness (QED) is 0.627. The topological polar surface area (TPSA) is 80.9 Å². The van der Waals surface area contributed by atoms with Gasteiger partial charge in [0.2, 0.25) is 0 Å². The number of aryl methyl sites for hydroxylation is 1. The highest BCUT2D eigenvalue weighted by atomic mass is 16.4. The molecule has 0 amide bonds. The molecule has 6 nitrogen and oxygen atoms in total. The Hall–Kier alpha value is -1.46. The molecule has 1 heterocycles. The fraction of sp³-hybridized carbons (Fsp3) is 0.600. The normalized spacial score (nSPS) is 9.91. The van der Waals surface area contributed by atoms with E-state index in [0.717, 1.165) is 0 Å². The molecule has 1 aromatic heterocycles. The van der Waals surface area contributed by atoms with Crippen LogP contribution >= 0.6 is 0 Å². The molecule has 60 valence electrons. The van der Waals surface area contributed by atoms with Gasteiger partial charge in [-0.05, 0) is 12.1 Å². The Morgan fingerprint density at radius 2 is 2.45 bits per heavy atom. The molecule has 0 unspecified atom stereocenters. The summed E-state index contributed by atoms with van der Waals surface area (Å²) in [7, 11) is 0. The van der Waals surface area contributed by atoms with E-state index in [0.29, 0.717) is 6.54 Å². The fourth-order valence-corrected chi connectivity index (χ4v) is 0.616. The van der Waals surface area contributed by atoms with Gasteiger partial charge in [-0.25, -0.2) is 0 Å². The fourth-order valence-electron chi connectivity index (χ4n) is 0.616. The van der Waals surface area contributed by atoms with E-state index < -0.39 is 5.97 Å². The average Bonchev–Trinajstić information content (AvgIpc) is 2.34. The molecule has 0 saturated carbocycles. The number of carboxylic acid groups (broad SMARTS) is 1. The molecule has 0 aliphatic heterocycles. The molecular formula is C5H8N4O2. The lowest BCUT2D eigenvalue weighted by molar-refractivity contribution is -0.136. The molecule has 0 aromatic carbocycles. The van der Waals surface area contributed by atoms with Gasteiger partial charge >= 0.3 is 5.97 Å². The van der Waals surface area contributed by atoms with E-state index in [1.54, 1.807) is 0 Å². The minimum absolute atomic E-state index is 0.167. The van der Waals surface area contributed by atoms with E-state index in [-0.39, 0.29) is 12.2 Å². The third-order valence-electron chi connectivity index (χ3n) is 1.09. The van der Waals surface area contributed by atoms with Crippen LogP contribution in [0.2, 0.25) is 0 Å². The van der Waals surface area contributed by atoms with Crippen molar-refractivity contribution < 1.29 is 9.90 Å². The molecule has 1 rings (SSSR count). The SMILES string of the molecule is CCn1nnc(CC(=O)O)n1. The molecule has 0 atom stereocenters. The standard InChI is InChI=1S/C5H8N4O2/c1-2-9-7-4(6-8-9)3-5(10)11/h2-3H2,1H3,(H,10,11). The summed E-state index contributed by atoms with van der Waals surface area (Å²) < 4.78 is 0. The van der Waals surface area contributed by atoms with Crippen molar-refractivity contribution >= 4 is 5.97 Å². The van der Waals surface area contributed by atoms with Gasteiger partial charge in [0.15, 0.2) is 5.82 Å². The van der Waals surface area contributed by atoms with Crippen molar-refractivity contribution in [1.82, 2.24) is 20.2 Å². The van der Waals surface area contributed by atoms with Crippen molar-refractivity contribution in [2.45, 2.75) is 19.9 Å². The minimum Gasteiger partial charge on any atom is -0.481 e. The first-order valence-electron chi connectivity index (χ1n) is 3.21. The zero-order chi connectivity index (χ0) is 8.27. The Labute approximate surface area is 62.8 Å². The molecule has 11 heavy (non-hydrogen) atoms. The zero-order valence-electron chi connectivity index (χ0n) is 6.06. The summed E-state index contributed by atoms with van der Waals surface area (Å²) in [5.41, 5.74) is 0. The van der Waals surface area contributed by atoms with Crippen molar-refractivity contribution in [3.8, 4) is 0 Å².